The molecule has 4 heteroatoms. The average molecular weight is 306 g/mol. The molecule has 3 nitrogen and oxygen atoms in total. The number of fused-ring (bicyclic) bond motifs is 1. The molecule has 0 bridgehead atoms. The van der Waals surface area contributed by atoms with E-state index < -0.39 is 6.10 Å². The van der Waals surface area contributed by atoms with Gasteiger partial charge in [0.1, 0.15) is 11.9 Å². The first-order valence-electron chi connectivity index (χ1n) is 5.78. The lowest BCUT2D eigenvalue weighted by atomic mass is 10.0. The van der Waals surface area contributed by atoms with E-state index in [9.17, 15) is 5.11 Å². The predicted molar refractivity (Wildman–Crippen MR) is 71.6 cm³/mol. The number of aromatic nitrogens is 1. The summed E-state index contributed by atoms with van der Waals surface area (Å²) < 4.78 is 6.32. The number of benzene rings is 1. The molecule has 0 radical (unpaired) electrons. The van der Waals surface area contributed by atoms with Gasteiger partial charge in [-0.3, -0.25) is 4.98 Å². The van der Waals surface area contributed by atoms with Crippen LogP contribution in [0.1, 0.15) is 22.8 Å². The van der Waals surface area contributed by atoms with Gasteiger partial charge in [0, 0.05) is 28.9 Å². The molecule has 0 saturated heterocycles. The van der Waals surface area contributed by atoms with Gasteiger partial charge in [-0.05, 0) is 45.3 Å². The maximum atomic E-state index is 10.3. The van der Waals surface area contributed by atoms with Gasteiger partial charge in [0.15, 0.2) is 0 Å². The average Bonchev–Trinajstić information content (AvgIpc) is 2.85. The summed E-state index contributed by atoms with van der Waals surface area (Å²) in [5, 5.41) is 10.3. The van der Waals surface area contributed by atoms with Gasteiger partial charge >= 0.3 is 0 Å². The molecule has 0 aliphatic carbocycles. The van der Waals surface area contributed by atoms with E-state index in [-0.39, 0.29) is 0 Å². The number of ether oxygens (including phenoxy) is 1. The topological polar surface area (TPSA) is 42.4 Å². The van der Waals surface area contributed by atoms with Gasteiger partial charge in [-0.2, -0.15) is 0 Å². The summed E-state index contributed by atoms with van der Waals surface area (Å²) in [4.78, 5) is 4.07. The molecule has 2 heterocycles. The van der Waals surface area contributed by atoms with E-state index in [2.05, 4.69) is 20.9 Å². The van der Waals surface area contributed by atoms with Crippen molar-refractivity contribution in [2.45, 2.75) is 12.5 Å². The number of aliphatic hydroxyl groups excluding tert-OH is 1. The summed E-state index contributed by atoms with van der Waals surface area (Å²) >= 11 is 3.36. The molecule has 3 rings (SSSR count). The van der Waals surface area contributed by atoms with E-state index in [1.165, 1.54) is 0 Å². The number of nitrogens with zero attached hydrogens (tertiary/aromatic N) is 1. The van der Waals surface area contributed by atoms with Crippen molar-refractivity contribution in [3.05, 3.63) is 57.8 Å². The van der Waals surface area contributed by atoms with Crippen LogP contribution in [0.2, 0.25) is 0 Å². The van der Waals surface area contributed by atoms with Crippen LogP contribution < -0.4 is 4.74 Å². The lowest BCUT2D eigenvalue weighted by molar-refractivity contribution is 0.219. The fourth-order valence-corrected chi connectivity index (χ4v) is 2.53. The Labute approximate surface area is 114 Å². The SMILES string of the molecule is OC(c1cncc(Br)c1)c1ccc2c(c1)CCO2. The van der Waals surface area contributed by atoms with E-state index in [1.807, 2.05) is 24.3 Å². The third-order valence-corrected chi connectivity index (χ3v) is 3.50. The van der Waals surface area contributed by atoms with Crippen molar-refractivity contribution in [2.24, 2.45) is 0 Å². The molecule has 1 unspecified atom stereocenters. The standard InChI is InChI=1S/C14H12BrNO2/c15-12-6-11(7-16-8-12)14(17)10-1-2-13-9(5-10)3-4-18-13/h1-2,5-8,14,17H,3-4H2. The Bertz CT molecular complexity index is 586. The van der Waals surface area contributed by atoms with Crippen molar-refractivity contribution >= 4 is 15.9 Å². The molecular weight excluding hydrogens is 294 g/mol. The van der Waals surface area contributed by atoms with Crippen molar-refractivity contribution in [3.8, 4) is 5.75 Å². The van der Waals surface area contributed by atoms with Crippen LogP contribution >= 0.6 is 15.9 Å². The highest BCUT2D eigenvalue weighted by molar-refractivity contribution is 9.10. The second kappa shape index (κ2) is 4.71. The van der Waals surface area contributed by atoms with Crippen molar-refractivity contribution < 1.29 is 9.84 Å². The second-order valence-electron chi connectivity index (χ2n) is 4.30. The van der Waals surface area contributed by atoms with Crippen molar-refractivity contribution in [1.29, 1.82) is 0 Å². The van der Waals surface area contributed by atoms with Crippen molar-refractivity contribution in [3.63, 3.8) is 0 Å². The Morgan fingerprint density at radius 2 is 2.11 bits per heavy atom. The van der Waals surface area contributed by atoms with Crippen LogP contribution in [0.3, 0.4) is 0 Å². The highest BCUT2D eigenvalue weighted by Crippen LogP contribution is 2.30. The lowest BCUT2D eigenvalue weighted by Gasteiger charge is -2.12. The van der Waals surface area contributed by atoms with Gasteiger partial charge in [-0.15, -0.1) is 0 Å². The maximum Gasteiger partial charge on any atom is 0.122 e. The highest BCUT2D eigenvalue weighted by atomic mass is 79.9. The monoisotopic (exact) mass is 305 g/mol. The van der Waals surface area contributed by atoms with Gasteiger partial charge in [0.05, 0.1) is 6.61 Å². The maximum absolute atomic E-state index is 10.3. The quantitative estimate of drug-likeness (QED) is 0.927. The molecule has 1 aromatic heterocycles. The molecule has 0 spiro atoms. The molecule has 2 aromatic rings. The van der Waals surface area contributed by atoms with Gasteiger partial charge in [-0.1, -0.05) is 6.07 Å². The van der Waals surface area contributed by atoms with Crippen LogP contribution in [0.15, 0.2) is 41.1 Å². The summed E-state index contributed by atoms with van der Waals surface area (Å²) in [6, 6.07) is 7.71. The Morgan fingerprint density at radius 1 is 1.22 bits per heavy atom. The third-order valence-electron chi connectivity index (χ3n) is 3.07. The van der Waals surface area contributed by atoms with Crippen LogP contribution in [-0.4, -0.2) is 16.7 Å². The number of halogens is 1. The third kappa shape index (κ3) is 2.13. The van der Waals surface area contributed by atoms with Crippen LogP contribution in [-0.2, 0) is 6.42 Å². The lowest BCUT2D eigenvalue weighted by Crippen LogP contribution is -2.00. The molecule has 1 atom stereocenters. The molecule has 0 saturated carbocycles. The fourth-order valence-electron chi connectivity index (χ4n) is 2.15. The molecule has 1 aromatic carbocycles. The number of aliphatic hydroxyl groups is 1. The first-order valence-corrected chi connectivity index (χ1v) is 6.57. The first kappa shape index (κ1) is 11.7. The largest absolute Gasteiger partial charge is 0.493 e. The van der Waals surface area contributed by atoms with Gasteiger partial charge in [-0.25, -0.2) is 0 Å². The smallest absolute Gasteiger partial charge is 0.122 e. The van der Waals surface area contributed by atoms with E-state index in [4.69, 9.17) is 4.74 Å². The zero-order valence-electron chi connectivity index (χ0n) is 9.64. The molecule has 1 aliphatic heterocycles. The zero-order chi connectivity index (χ0) is 12.5. The van der Waals surface area contributed by atoms with Gasteiger partial charge < -0.3 is 9.84 Å². The van der Waals surface area contributed by atoms with E-state index >= 15 is 0 Å². The van der Waals surface area contributed by atoms with Crippen LogP contribution in [0.4, 0.5) is 0 Å². The zero-order valence-corrected chi connectivity index (χ0v) is 11.2. The van der Waals surface area contributed by atoms with E-state index in [0.717, 1.165) is 39.9 Å². The van der Waals surface area contributed by atoms with Crippen LogP contribution in [0.25, 0.3) is 0 Å². The number of hydrogen-bond acceptors (Lipinski definition) is 3. The van der Waals surface area contributed by atoms with Crippen LogP contribution in [0, 0.1) is 0 Å². The van der Waals surface area contributed by atoms with Gasteiger partial charge in [0.2, 0.25) is 0 Å². The van der Waals surface area contributed by atoms with E-state index in [1.54, 1.807) is 12.4 Å². The molecule has 0 amide bonds. The normalized spacial score (nSPS) is 15.0. The molecule has 1 N–H and O–H groups in total. The molecule has 1 aliphatic rings. The predicted octanol–water partition coefficient (Wildman–Crippen LogP) is 2.86. The van der Waals surface area contributed by atoms with E-state index in [0.29, 0.717) is 0 Å². The Hall–Kier alpha value is -1.39. The Kier molecular flexibility index (Phi) is 3.06. The summed E-state index contributed by atoms with van der Waals surface area (Å²) in [6.45, 7) is 0.729. The first-order chi connectivity index (χ1) is 8.74. The number of hydrogen-bond donors (Lipinski definition) is 1. The van der Waals surface area contributed by atoms with Crippen LogP contribution in [0.5, 0.6) is 5.75 Å². The number of pyridine rings is 1. The summed E-state index contributed by atoms with van der Waals surface area (Å²) in [6.07, 6.45) is 3.64. The minimum absolute atomic E-state index is 0.652. The highest BCUT2D eigenvalue weighted by Gasteiger charge is 2.16. The fraction of sp³-hybridized carbons (Fsp3) is 0.214. The molecule has 0 fully saturated rings. The second-order valence-corrected chi connectivity index (χ2v) is 5.22. The molecule has 92 valence electrons. The minimum atomic E-state index is -0.652. The molecular formula is C14H12BrNO2. The Morgan fingerprint density at radius 3 is 2.94 bits per heavy atom. The Balaban J connectivity index is 1.95. The number of rotatable bonds is 2. The van der Waals surface area contributed by atoms with Crippen molar-refractivity contribution in [2.75, 3.05) is 6.61 Å². The summed E-state index contributed by atoms with van der Waals surface area (Å²) in [5.74, 6) is 0.929. The van der Waals surface area contributed by atoms with Gasteiger partial charge in [0.25, 0.3) is 0 Å². The minimum Gasteiger partial charge on any atom is -0.493 e. The summed E-state index contributed by atoms with van der Waals surface area (Å²) in [5.41, 5.74) is 2.82. The molecule has 18 heavy (non-hydrogen) atoms. The van der Waals surface area contributed by atoms with Crippen molar-refractivity contribution in [1.82, 2.24) is 4.98 Å². The summed E-state index contributed by atoms with van der Waals surface area (Å²) in [7, 11) is 0.